The first-order valence-electron chi connectivity index (χ1n) is 8.95. The van der Waals surface area contributed by atoms with Gasteiger partial charge in [0, 0.05) is 23.5 Å². The normalized spacial score (nSPS) is 19.3. The predicted molar refractivity (Wildman–Crippen MR) is 98.7 cm³/mol. The Balaban J connectivity index is 1.55. The minimum Gasteiger partial charge on any atom is -0.460 e. The van der Waals surface area contributed by atoms with E-state index in [1.165, 1.54) is 12.1 Å². The van der Waals surface area contributed by atoms with E-state index in [4.69, 9.17) is 4.74 Å². The first-order valence-corrected chi connectivity index (χ1v) is 8.95. The zero-order valence-corrected chi connectivity index (χ0v) is 15.3. The zero-order chi connectivity index (χ0) is 19.4. The Hall–Kier alpha value is -3.03. The Morgan fingerprint density at radius 1 is 1.15 bits per heavy atom. The number of benzene rings is 1. The van der Waals surface area contributed by atoms with Crippen LogP contribution in [0.2, 0.25) is 0 Å². The molecule has 0 saturated heterocycles. The van der Waals surface area contributed by atoms with Crippen LogP contribution in [0.4, 0.5) is 5.69 Å². The Morgan fingerprint density at radius 2 is 1.78 bits per heavy atom. The fraction of sp³-hybridized carbons (Fsp3) is 0.421. The van der Waals surface area contributed by atoms with E-state index in [9.17, 15) is 14.9 Å². The van der Waals surface area contributed by atoms with Gasteiger partial charge in [-0.05, 0) is 51.7 Å². The molecule has 142 valence electrons. The number of carbonyl (C=O) groups excluding carboxylic acids is 1. The number of nitro benzene ring substituents is 1. The molecule has 0 radical (unpaired) electrons. The maximum atomic E-state index is 12.4. The Morgan fingerprint density at radius 3 is 2.41 bits per heavy atom. The highest BCUT2D eigenvalue weighted by Crippen LogP contribution is 2.24. The van der Waals surface area contributed by atoms with Gasteiger partial charge < -0.3 is 10.1 Å². The van der Waals surface area contributed by atoms with Crippen molar-refractivity contribution in [2.24, 2.45) is 0 Å². The molecule has 0 aliphatic heterocycles. The van der Waals surface area contributed by atoms with Gasteiger partial charge in [0.05, 0.1) is 4.92 Å². The zero-order valence-electron chi connectivity index (χ0n) is 15.3. The SMILES string of the molecule is Cc1cc(C)nc(OC2CCC(NC(=O)c3ccccc3[N+](=O)[O-])CC2)n1. The number of hydrogen-bond acceptors (Lipinski definition) is 6. The van der Waals surface area contributed by atoms with E-state index in [0.29, 0.717) is 6.01 Å². The van der Waals surface area contributed by atoms with E-state index in [1.54, 1.807) is 12.1 Å². The lowest BCUT2D eigenvalue weighted by Crippen LogP contribution is -2.40. The van der Waals surface area contributed by atoms with Crippen molar-refractivity contribution >= 4 is 11.6 Å². The smallest absolute Gasteiger partial charge is 0.317 e. The summed E-state index contributed by atoms with van der Waals surface area (Å²) >= 11 is 0. The second-order valence-corrected chi connectivity index (χ2v) is 6.77. The number of nitrogens with zero attached hydrogens (tertiary/aromatic N) is 3. The summed E-state index contributed by atoms with van der Waals surface area (Å²) < 4.78 is 5.88. The highest BCUT2D eigenvalue weighted by Gasteiger charge is 2.26. The monoisotopic (exact) mass is 370 g/mol. The maximum absolute atomic E-state index is 12.4. The molecule has 1 N–H and O–H groups in total. The van der Waals surface area contributed by atoms with Gasteiger partial charge in [0.2, 0.25) is 0 Å². The molecule has 1 aliphatic carbocycles. The molecule has 8 nitrogen and oxygen atoms in total. The molecule has 8 heteroatoms. The van der Waals surface area contributed by atoms with Crippen LogP contribution >= 0.6 is 0 Å². The van der Waals surface area contributed by atoms with Crippen molar-refractivity contribution in [2.75, 3.05) is 0 Å². The van der Waals surface area contributed by atoms with Crippen molar-refractivity contribution in [1.82, 2.24) is 15.3 Å². The summed E-state index contributed by atoms with van der Waals surface area (Å²) in [7, 11) is 0. The summed E-state index contributed by atoms with van der Waals surface area (Å²) in [6, 6.07) is 8.23. The van der Waals surface area contributed by atoms with Gasteiger partial charge in [-0.1, -0.05) is 12.1 Å². The number of amides is 1. The van der Waals surface area contributed by atoms with Crippen LogP contribution in [-0.2, 0) is 0 Å². The molecule has 1 amide bonds. The number of aromatic nitrogens is 2. The Labute approximate surface area is 157 Å². The summed E-state index contributed by atoms with van der Waals surface area (Å²) in [5.41, 5.74) is 1.63. The van der Waals surface area contributed by atoms with Crippen molar-refractivity contribution < 1.29 is 14.5 Å². The molecule has 0 unspecified atom stereocenters. The second kappa shape index (κ2) is 8.11. The van der Waals surface area contributed by atoms with Crippen molar-refractivity contribution in [3.05, 3.63) is 57.4 Å². The predicted octanol–water partition coefficient (Wildman–Crippen LogP) is 3.12. The molecule has 1 aromatic carbocycles. The highest BCUT2D eigenvalue weighted by atomic mass is 16.6. The van der Waals surface area contributed by atoms with Crippen molar-refractivity contribution in [3.8, 4) is 6.01 Å². The summed E-state index contributed by atoms with van der Waals surface area (Å²) in [5.74, 6) is -0.413. The molecular weight excluding hydrogens is 348 g/mol. The average Bonchev–Trinajstić information content (AvgIpc) is 2.62. The van der Waals surface area contributed by atoms with Gasteiger partial charge in [-0.25, -0.2) is 9.97 Å². The quantitative estimate of drug-likeness (QED) is 0.640. The number of nitrogens with one attached hydrogen (secondary N) is 1. The summed E-state index contributed by atoms with van der Waals surface area (Å²) in [5, 5.41) is 14.0. The van der Waals surface area contributed by atoms with E-state index in [0.717, 1.165) is 37.1 Å². The van der Waals surface area contributed by atoms with Gasteiger partial charge >= 0.3 is 6.01 Å². The third-order valence-electron chi connectivity index (χ3n) is 4.59. The van der Waals surface area contributed by atoms with Crippen molar-refractivity contribution in [2.45, 2.75) is 51.7 Å². The number of para-hydroxylation sites is 1. The molecule has 1 aromatic heterocycles. The lowest BCUT2D eigenvalue weighted by atomic mass is 9.92. The van der Waals surface area contributed by atoms with Crippen LogP contribution in [0.5, 0.6) is 6.01 Å². The third kappa shape index (κ3) is 4.78. The van der Waals surface area contributed by atoms with Gasteiger partial charge in [0.25, 0.3) is 11.6 Å². The summed E-state index contributed by atoms with van der Waals surface area (Å²) in [6.07, 6.45) is 3.01. The molecule has 1 saturated carbocycles. The first kappa shape index (κ1) is 18.8. The molecular formula is C19H22N4O4. The first-order chi connectivity index (χ1) is 12.9. The molecule has 2 aromatic rings. The van der Waals surface area contributed by atoms with Gasteiger partial charge in [-0.3, -0.25) is 14.9 Å². The maximum Gasteiger partial charge on any atom is 0.317 e. The number of nitro groups is 1. The lowest BCUT2D eigenvalue weighted by molar-refractivity contribution is -0.385. The number of ether oxygens (including phenoxy) is 1. The fourth-order valence-electron chi connectivity index (χ4n) is 3.31. The van der Waals surface area contributed by atoms with Crippen LogP contribution in [0.1, 0.15) is 47.4 Å². The fourth-order valence-corrected chi connectivity index (χ4v) is 3.31. The van der Waals surface area contributed by atoms with E-state index in [-0.39, 0.29) is 23.4 Å². The molecule has 3 rings (SSSR count). The van der Waals surface area contributed by atoms with Crippen LogP contribution < -0.4 is 10.1 Å². The number of aryl methyl sites for hydroxylation is 2. The van der Waals surface area contributed by atoms with Crippen LogP contribution in [0.3, 0.4) is 0 Å². The van der Waals surface area contributed by atoms with E-state index in [2.05, 4.69) is 15.3 Å². The lowest BCUT2D eigenvalue weighted by Gasteiger charge is -2.29. The minimum absolute atomic E-state index is 0.00501. The van der Waals surface area contributed by atoms with Crippen LogP contribution in [0.25, 0.3) is 0 Å². The third-order valence-corrected chi connectivity index (χ3v) is 4.59. The van der Waals surface area contributed by atoms with Crippen molar-refractivity contribution in [1.29, 1.82) is 0 Å². The van der Waals surface area contributed by atoms with E-state index < -0.39 is 10.8 Å². The summed E-state index contributed by atoms with van der Waals surface area (Å²) in [4.78, 5) is 31.5. The van der Waals surface area contributed by atoms with Gasteiger partial charge in [-0.15, -0.1) is 0 Å². The molecule has 1 fully saturated rings. The Kier molecular flexibility index (Phi) is 5.63. The summed E-state index contributed by atoms with van der Waals surface area (Å²) in [6.45, 7) is 3.80. The number of carbonyl (C=O) groups is 1. The molecule has 27 heavy (non-hydrogen) atoms. The average molecular weight is 370 g/mol. The molecule has 1 aliphatic rings. The van der Waals surface area contributed by atoms with E-state index >= 15 is 0 Å². The molecule has 0 bridgehead atoms. The van der Waals surface area contributed by atoms with Gasteiger partial charge in [0.15, 0.2) is 0 Å². The molecule has 1 heterocycles. The van der Waals surface area contributed by atoms with Crippen LogP contribution in [0, 0.1) is 24.0 Å². The standard InChI is InChI=1S/C19H22N4O4/c1-12-11-13(2)21-19(20-12)27-15-9-7-14(8-10-15)22-18(24)16-5-3-4-6-17(16)23(25)26/h3-6,11,14-15H,7-10H2,1-2H3,(H,22,24). The van der Waals surface area contributed by atoms with Gasteiger partial charge in [0.1, 0.15) is 11.7 Å². The second-order valence-electron chi connectivity index (χ2n) is 6.77. The molecule has 0 atom stereocenters. The largest absolute Gasteiger partial charge is 0.460 e. The van der Waals surface area contributed by atoms with Crippen LogP contribution in [-0.4, -0.2) is 32.9 Å². The highest BCUT2D eigenvalue weighted by molar-refractivity contribution is 5.98. The number of hydrogen-bond donors (Lipinski definition) is 1. The van der Waals surface area contributed by atoms with Crippen LogP contribution in [0.15, 0.2) is 30.3 Å². The minimum atomic E-state index is -0.538. The topological polar surface area (TPSA) is 107 Å². The number of rotatable bonds is 5. The Bertz CT molecular complexity index is 827. The molecule has 0 spiro atoms. The van der Waals surface area contributed by atoms with E-state index in [1.807, 2.05) is 19.9 Å². The van der Waals surface area contributed by atoms with Crippen molar-refractivity contribution in [3.63, 3.8) is 0 Å². The van der Waals surface area contributed by atoms with Gasteiger partial charge in [-0.2, -0.15) is 0 Å².